The third-order valence-electron chi connectivity index (χ3n) is 6.81. The number of benzene rings is 2. The maximum Gasteiger partial charge on any atom is 0.260 e. The van der Waals surface area contributed by atoms with Gasteiger partial charge in [0.2, 0.25) is 5.76 Å². The van der Waals surface area contributed by atoms with Crippen LogP contribution in [0.25, 0.3) is 22.5 Å². The summed E-state index contributed by atoms with van der Waals surface area (Å²) in [6.45, 7) is 0.102. The average molecular weight is 432 g/mol. The molecule has 2 fully saturated rings. The van der Waals surface area contributed by atoms with Crippen molar-refractivity contribution >= 4 is 22.9 Å². The molecule has 32 heavy (non-hydrogen) atoms. The van der Waals surface area contributed by atoms with E-state index in [1.807, 2.05) is 24.3 Å². The van der Waals surface area contributed by atoms with Gasteiger partial charge in [-0.1, -0.05) is 29.4 Å². The minimum Gasteiger partial charge on any atom is -0.504 e. The number of halogens is 1. The second-order valence-electron chi connectivity index (χ2n) is 8.96. The fraction of sp³-hybridized carbons (Fsp3) is 0.280. The first-order valence-electron chi connectivity index (χ1n) is 10.8. The number of aliphatic hydroxyl groups excluding tert-OH is 2. The van der Waals surface area contributed by atoms with Gasteiger partial charge >= 0.3 is 0 Å². The van der Waals surface area contributed by atoms with E-state index >= 15 is 0 Å². The number of nitrogens with zero attached hydrogens (tertiary/aromatic N) is 1. The molecule has 2 aromatic carbocycles. The van der Waals surface area contributed by atoms with Crippen LogP contribution in [0.5, 0.6) is 0 Å². The van der Waals surface area contributed by atoms with Crippen molar-refractivity contribution in [1.82, 2.24) is 5.16 Å². The number of amides is 1. The van der Waals surface area contributed by atoms with E-state index in [-0.39, 0.29) is 29.1 Å². The van der Waals surface area contributed by atoms with Crippen molar-refractivity contribution in [3.8, 4) is 11.1 Å². The minimum atomic E-state index is -0.521. The summed E-state index contributed by atoms with van der Waals surface area (Å²) in [4.78, 5) is 12.6. The molecule has 3 aliphatic rings. The Kier molecular flexibility index (Phi) is 4.07. The van der Waals surface area contributed by atoms with E-state index in [2.05, 4.69) is 10.5 Å². The van der Waals surface area contributed by atoms with E-state index in [4.69, 9.17) is 4.52 Å². The summed E-state index contributed by atoms with van der Waals surface area (Å²) in [7, 11) is 0. The summed E-state index contributed by atoms with van der Waals surface area (Å²) in [5.41, 5.74) is 3.36. The molecule has 7 heteroatoms. The number of rotatable bonds is 5. The number of nitrogens with one attached hydrogen (secondary N) is 1. The molecule has 0 atom stereocenters. The predicted octanol–water partition coefficient (Wildman–Crippen LogP) is 4.76. The molecule has 0 bridgehead atoms. The van der Waals surface area contributed by atoms with Crippen LogP contribution in [0, 0.1) is 5.82 Å². The summed E-state index contributed by atoms with van der Waals surface area (Å²) in [6.07, 6.45) is 3.96. The number of carbonyl (C=O) groups excluding carboxylic acids is 1. The summed E-state index contributed by atoms with van der Waals surface area (Å²) in [5.74, 6) is -0.839. The molecule has 0 unspecified atom stereocenters. The van der Waals surface area contributed by atoms with E-state index in [9.17, 15) is 19.4 Å². The van der Waals surface area contributed by atoms with Crippen LogP contribution >= 0.6 is 0 Å². The number of carbonyl (C=O) groups is 1. The Labute approximate surface area is 183 Å². The van der Waals surface area contributed by atoms with Gasteiger partial charge in [0, 0.05) is 28.5 Å². The van der Waals surface area contributed by atoms with Crippen molar-refractivity contribution < 1.29 is 23.9 Å². The fourth-order valence-corrected chi connectivity index (χ4v) is 4.43. The molecule has 1 amide bonds. The number of anilines is 1. The largest absolute Gasteiger partial charge is 0.504 e. The van der Waals surface area contributed by atoms with Crippen molar-refractivity contribution in [3.63, 3.8) is 0 Å². The lowest BCUT2D eigenvalue weighted by Gasteiger charge is -2.13. The molecule has 1 aliphatic heterocycles. The zero-order chi connectivity index (χ0) is 22.0. The zero-order valence-corrected chi connectivity index (χ0v) is 17.2. The second kappa shape index (κ2) is 6.77. The van der Waals surface area contributed by atoms with Crippen LogP contribution in [0.1, 0.15) is 54.2 Å². The first kappa shape index (κ1) is 19.3. The lowest BCUT2D eigenvalue weighted by molar-refractivity contribution is -0.110. The molecule has 2 aliphatic carbocycles. The Hall–Kier alpha value is -3.45. The molecule has 1 aromatic heterocycles. The normalized spacial score (nSPS) is 20.1. The second-order valence-corrected chi connectivity index (χ2v) is 8.96. The van der Waals surface area contributed by atoms with Crippen LogP contribution in [0.2, 0.25) is 0 Å². The number of aromatic nitrogens is 1. The van der Waals surface area contributed by atoms with Crippen molar-refractivity contribution in [3.05, 3.63) is 70.9 Å². The van der Waals surface area contributed by atoms with Crippen LogP contribution in [0.15, 0.2) is 47.0 Å². The van der Waals surface area contributed by atoms with Gasteiger partial charge in [-0.15, -0.1) is 0 Å². The Balaban J connectivity index is 1.40. The first-order valence-corrected chi connectivity index (χ1v) is 10.8. The summed E-state index contributed by atoms with van der Waals surface area (Å²) in [6, 6.07) is 12.0. The fourth-order valence-electron chi connectivity index (χ4n) is 4.43. The SMILES string of the molecule is O=C1Nc2cc(F)c(-c3ccc(C4(CO)CC4)cc3)cc2C1=C(O)c1cc(C2CC2)no1. The van der Waals surface area contributed by atoms with Crippen LogP contribution in [-0.2, 0) is 10.2 Å². The topological polar surface area (TPSA) is 95.6 Å². The summed E-state index contributed by atoms with van der Waals surface area (Å²) < 4.78 is 20.2. The van der Waals surface area contributed by atoms with Gasteiger partial charge in [0.1, 0.15) is 5.82 Å². The van der Waals surface area contributed by atoms with E-state index < -0.39 is 11.7 Å². The molecule has 3 N–H and O–H groups in total. The van der Waals surface area contributed by atoms with Gasteiger partial charge in [0.25, 0.3) is 5.91 Å². The number of fused-ring (bicyclic) bond motifs is 1. The van der Waals surface area contributed by atoms with Gasteiger partial charge in [-0.2, -0.15) is 0 Å². The van der Waals surface area contributed by atoms with Gasteiger partial charge in [-0.05, 0) is 48.9 Å². The molecule has 6 nitrogen and oxygen atoms in total. The third-order valence-corrected chi connectivity index (χ3v) is 6.81. The van der Waals surface area contributed by atoms with Crippen molar-refractivity contribution in [1.29, 1.82) is 0 Å². The molecular weight excluding hydrogens is 411 g/mol. The Bertz CT molecular complexity index is 1280. The van der Waals surface area contributed by atoms with Gasteiger partial charge < -0.3 is 20.1 Å². The lowest BCUT2D eigenvalue weighted by Crippen LogP contribution is -2.11. The number of hydrogen-bond acceptors (Lipinski definition) is 5. The smallest absolute Gasteiger partial charge is 0.260 e. The monoisotopic (exact) mass is 432 g/mol. The molecule has 0 spiro atoms. The minimum absolute atomic E-state index is 0.0357. The quantitative estimate of drug-likeness (QED) is 0.399. The lowest BCUT2D eigenvalue weighted by atomic mass is 9.93. The Morgan fingerprint density at radius 1 is 1.16 bits per heavy atom. The molecule has 0 radical (unpaired) electrons. The Morgan fingerprint density at radius 3 is 2.56 bits per heavy atom. The average Bonchev–Trinajstić information content (AvgIpc) is 3.72. The molecule has 2 heterocycles. The van der Waals surface area contributed by atoms with Gasteiger partial charge in [0.05, 0.1) is 23.6 Å². The maximum atomic E-state index is 14.9. The highest BCUT2D eigenvalue weighted by Gasteiger charge is 2.43. The Morgan fingerprint density at radius 2 is 1.91 bits per heavy atom. The standard InChI is InChI=1S/C25H21FN2O4/c26-18-10-20-17(9-16(18)13-3-5-15(6-4-13)25(12-29)7-8-25)22(24(31)27-20)23(30)21-11-19(28-32-21)14-1-2-14/h3-6,9-11,14,29-30H,1-2,7-8,12H2,(H,27,31). The van der Waals surface area contributed by atoms with Gasteiger partial charge in [-0.25, -0.2) is 4.39 Å². The highest BCUT2D eigenvalue weighted by Crippen LogP contribution is 2.48. The summed E-state index contributed by atoms with van der Waals surface area (Å²) in [5, 5.41) is 27.1. The van der Waals surface area contributed by atoms with E-state index in [0.29, 0.717) is 28.3 Å². The molecule has 0 saturated heterocycles. The van der Waals surface area contributed by atoms with Crippen molar-refractivity contribution in [2.75, 3.05) is 11.9 Å². The van der Waals surface area contributed by atoms with Crippen LogP contribution < -0.4 is 5.32 Å². The van der Waals surface area contributed by atoms with E-state index in [1.165, 1.54) is 6.07 Å². The molecule has 2 saturated carbocycles. The highest BCUT2D eigenvalue weighted by molar-refractivity contribution is 6.36. The number of aliphatic hydroxyl groups is 2. The third kappa shape index (κ3) is 2.96. The molecule has 162 valence electrons. The summed E-state index contributed by atoms with van der Waals surface area (Å²) >= 11 is 0. The van der Waals surface area contributed by atoms with Crippen molar-refractivity contribution in [2.45, 2.75) is 37.0 Å². The van der Waals surface area contributed by atoms with Crippen molar-refractivity contribution in [2.24, 2.45) is 0 Å². The van der Waals surface area contributed by atoms with E-state index in [1.54, 1.807) is 12.1 Å². The first-order chi connectivity index (χ1) is 15.5. The van der Waals surface area contributed by atoms with Gasteiger partial charge in [0.15, 0.2) is 5.76 Å². The predicted molar refractivity (Wildman–Crippen MR) is 116 cm³/mol. The van der Waals surface area contributed by atoms with Gasteiger partial charge in [-0.3, -0.25) is 4.79 Å². The maximum absolute atomic E-state index is 14.9. The molecular formula is C25H21FN2O4. The number of hydrogen-bond donors (Lipinski definition) is 3. The van der Waals surface area contributed by atoms with Crippen LogP contribution in [0.4, 0.5) is 10.1 Å². The zero-order valence-electron chi connectivity index (χ0n) is 17.2. The van der Waals surface area contributed by atoms with Crippen LogP contribution in [-0.4, -0.2) is 27.9 Å². The molecule has 3 aromatic rings. The van der Waals surface area contributed by atoms with Crippen LogP contribution in [0.3, 0.4) is 0 Å². The molecule has 6 rings (SSSR count). The highest BCUT2D eigenvalue weighted by atomic mass is 19.1. The van der Waals surface area contributed by atoms with E-state index in [0.717, 1.165) is 36.9 Å².